The van der Waals surface area contributed by atoms with Gasteiger partial charge >= 0.3 is 0 Å². The van der Waals surface area contributed by atoms with Gasteiger partial charge in [0.2, 0.25) is 0 Å². The zero-order valence-electron chi connectivity index (χ0n) is 8.48. The average molecular weight is 242 g/mol. The molecule has 0 fully saturated rings. The number of hydrogen-bond donors (Lipinski definition) is 0. The van der Waals surface area contributed by atoms with Crippen LogP contribution in [-0.4, -0.2) is 14.8 Å². The van der Waals surface area contributed by atoms with Gasteiger partial charge in [-0.05, 0) is 23.4 Å². The van der Waals surface area contributed by atoms with Gasteiger partial charge in [-0.25, -0.2) is 0 Å². The van der Waals surface area contributed by atoms with E-state index in [2.05, 4.69) is 28.6 Å². The van der Waals surface area contributed by atoms with Crippen molar-refractivity contribution in [2.45, 2.75) is 25.8 Å². The molecule has 2 aromatic rings. The Kier molecular flexibility index (Phi) is 3.38. The lowest BCUT2D eigenvalue weighted by molar-refractivity contribution is 0.758. The fourth-order valence-corrected chi connectivity index (χ4v) is 2.67. The maximum Gasteiger partial charge on any atom is 0.148 e. The highest BCUT2D eigenvalue weighted by atomic mass is 35.5. The third-order valence-corrected chi connectivity index (χ3v) is 3.53. The van der Waals surface area contributed by atoms with E-state index in [0.717, 1.165) is 18.8 Å². The van der Waals surface area contributed by atoms with Crippen molar-refractivity contribution in [2.75, 3.05) is 0 Å². The highest BCUT2D eigenvalue weighted by Gasteiger charge is 2.07. The van der Waals surface area contributed by atoms with Crippen LogP contribution in [0.4, 0.5) is 0 Å². The van der Waals surface area contributed by atoms with Crippen molar-refractivity contribution in [2.24, 2.45) is 0 Å². The van der Waals surface area contributed by atoms with Gasteiger partial charge in [0, 0.05) is 4.88 Å². The number of alkyl halides is 1. The molecule has 0 aliphatic rings. The molecular weight excluding hydrogens is 230 g/mol. The van der Waals surface area contributed by atoms with Gasteiger partial charge in [-0.3, -0.25) is 0 Å². The molecule has 3 nitrogen and oxygen atoms in total. The Morgan fingerprint density at radius 1 is 1.53 bits per heavy atom. The summed E-state index contributed by atoms with van der Waals surface area (Å²) in [5, 5.41) is 9.94. The molecule has 0 unspecified atom stereocenters. The quantitative estimate of drug-likeness (QED) is 0.771. The van der Waals surface area contributed by atoms with Crippen LogP contribution < -0.4 is 0 Å². The molecule has 0 atom stereocenters. The first kappa shape index (κ1) is 10.6. The lowest BCUT2D eigenvalue weighted by Crippen LogP contribution is -2.02. The third kappa shape index (κ3) is 2.21. The van der Waals surface area contributed by atoms with Crippen LogP contribution in [0, 0.1) is 0 Å². The molecule has 0 aromatic carbocycles. The molecule has 15 heavy (non-hydrogen) atoms. The van der Waals surface area contributed by atoms with Gasteiger partial charge in [0.25, 0.3) is 0 Å². The van der Waals surface area contributed by atoms with Crippen molar-refractivity contribution in [1.82, 2.24) is 14.8 Å². The second kappa shape index (κ2) is 4.77. The summed E-state index contributed by atoms with van der Waals surface area (Å²) in [7, 11) is 0. The highest BCUT2D eigenvalue weighted by molar-refractivity contribution is 7.10. The van der Waals surface area contributed by atoms with E-state index in [-0.39, 0.29) is 0 Å². The van der Waals surface area contributed by atoms with E-state index in [1.54, 1.807) is 17.7 Å². The summed E-state index contributed by atoms with van der Waals surface area (Å²) in [5.41, 5.74) is 1.40. The number of rotatable bonds is 4. The van der Waals surface area contributed by atoms with Gasteiger partial charge in [0.15, 0.2) is 0 Å². The molecule has 5 heteroatoms. The smallest absolute Gasteiger partial charge is 0.148 e. The number of nitrogens with zero attached hydrogens (tertiary/aromatic N) is 3. The molecule has 0 bridgehead atoms. The number of hydrogen-bond acceptors (Lipinski definition) is 3. The predicted octanol–water partition coefficient (Wildman–Crippen LogP) is 2.69. The molecule has 0 saturated heterocycles. The van der Waals surface area contributed by atoms with Crippen molar-refractivity contribution in [1.29, 1.82) is 0 Å². The van der Waals surface area contributed by atoms with Crippen LogP contribution in [0.1, 0.15) is 23.2 Å². The standard InChI is InChI=1S/C10H12ClN3S/c1-2-8-3-4-15-9(8)6-14-7-12-13-10(14)5-11/h3-4,7H,2,5-6H2,1H3. The minimum absolute atomic E-state index is 0.410. The molecule has 0 aliphatic carbocycles. The topological polar surface area (TPSA) is 30.7 Å². The van der Waals surface area contributed by atoms with Crippen molar-refractivity contribution in [3.8, 4) is 0 Å². The van der Waals surface area contributed by atoms with Gasteiger partial charge in [0.1, 0.15) is 12.2 Å². The summed E-state index contributed by atoms with van der Waals surface area (Å²) in [6.07, 6.45) is 2.80. The minimum atomic E-state index is 0.410. The lowest BCUT2D eigenvalue weighted by Gasteiger charge is -2.04. The summed E-state index contributed by atoms with van der Waals surface area (Å²) in [6.45, 7) is 3.00. The first-order chi connectivity index (χ1) is 7.35. The SMILES string of the molecule is CCc1ccsc1Cn1cnnc1CCl. The van der Waals surface area contributed by atoms with E-state index in [1.165, 1.54) is 10.4 Å². The molecule has 0 saturated carbocycles. The van der Waals surface area contributed by atoms with Crippen molar-refractivity contribution < 1.29 is 0 Å². The Bertz CT molecular complexity index is 395. The molecule has 2 heterocycles. The molecule has 2 aromatic heterocycles. The molecule has 0 N–H and O–H groups in total. The van der Waals surface area contributed by atoms with E-state index < -0.39 is 0 Å². The largest absolute Gasteiger partial charge is 0.311 e. The van der Waals surface area contributed by atoms with Gasteiger partial charge in [-0.15, -0.1) is 33.1 Å². The first-order valence-corrected chi connectivity index (χ1v) is 6.24. The molecule has 80 valence electrons. The van der Waals surface area contributed by atoms with Crippen LogP contribution in [0.3, 0.4) is 0 Å². The molecule has 0 aliphatic heterocycles. The molecular formula is C10H12ClN3S. The van der Waals surface area contributed by atoms with Gasteiger partial charge in [-0.2, -0.15) is 0 Å². The number of aryl methyl sites for hydroxylation is 1. The van der Waals surface area contributed by atoms with E-state index in [9.17, 15) is 0 Å². The van der Waals surface area contributed by atoms with E-state index in [4.69, 9.17) is 11.6 Å². The lowest BCUT2D eigenvalue weighted by atomic mass is 10.2. The zero-order valence-corrected chi connectivity index (χ0v) is 10.1. The fourth-order valence-electron chi connectivity index (χ4n) is 1.49. The van der Waals surface area contributed by atoms with Crippen LogP contribution in [-0.2, 0) is 18.8 Å². The van der Waals surface area contributed by atoms with Crippen LogP contribution in [0.25, 0.3) is 0 Å². The van der Waals surface area contributed by atoms with E-state index in [1.807, 2.05) is 4.57 Å². The summed E-state index contributed by atoms with van der Waals surface area (Å²) in [6, 6.07) is 2.17. The summed E-state index contributed by atoms with van der Waals surface area (Å²) >= 11 is 7.54. The maximum absolute atomic E-state index is 5.77. The number of aromatic nitrogens is 3. The Labute approximate surface area is 97.7 Å². The van der Waals surface area contributed by atoms with Crippen molar-refractivity contribution in [3.05, 3.63) is 34.0 Å². The first-order valence-electron chi connectivity index (χ1n) is 4.83. The highest BCUT2D eigenvalue weighted by Crippen LogP contribution is 2.19. The predicted molar refractivity (Wildman–Crippen MR) is 62.4 cm³/mol. The van der Waals surface area contributed by atoms with Gasteiger partial charge in [0.05, 0.1) is 12.4 Å². The summed E-state index contributed by atoms with van der Waals surface area (Å²) in [5.74, 6) is 1.24. The monoisotopic (exact) mass is 241 g/mol. The second-order valence-corrected chi connectivity index (χ2v) is 4.50. The number of halogens is 1. The Hall–Kier alpha value is -0.870. The Balaban J connectivity index is 2.21. The fraction of sp³-hybridized carbons (Fsp3) is 0.400. The van der Waals surface area contributed by atoms with E-state index >= 15 is 0 Å². The molecule has 2 rings (SSSR count). The van der Waals surface area contributed by atoms with Crippen LogP contribution >= 0.6 is 22.9 Å². The van der Waals surface area contributed by atoms with Crippen molar-refractivity contribution >= 4 is 22.9 Å². The van der Waals surface area contributed by atoms with Crippen molar-refractivity contribution in [3.63, 3.8) is 0 Å². The van der Waals surface area contributed by atoms with Crippen LogP contribution in [0.15, 0.2) is 17.8 Å². The average Bonchev–Trinajstić information content (AvgIpc) is 2.87. The summed E-state index contributed by atoms with van der Waals surface area (Å²) in [4.78, 5) is 1.36. The molecule has 0 amide bonds. The molecule has 0 spiro atoms. The Morgan fingerprint density at radius 3 is 3.13 bits per heavy atom. The minimum Gasteiger partial charge on any atom is -0.311 e. The third-order valence-electron chi connectivity index (χ3n) is 2.35. The second-order valence-electron chi connectivity index (χ2n) is 3.23. The van der Waals surface area contributed by atoms with Crippen LogP contribution in [0.5, 0.6) is 0 Å². The Morgan fingerprint density at radius 2 is 2.40 bits per heavy atom. The molecule has 0 radical (unpaired) electrons. The van der Waals surface area contributed by atoms with Crippen LogP contribution in [0.2, 0.25) is 0 Å². The summed E-state index contributed by atoms with van der Waals surface area (Å²) < 4.78 is 2.00. The normalized spacial score (nSPS) is 10.8. The van der Waals surface area contributed by atoms with Gasteiger partial charge < -0.3 is 4.57 Å². The van der Waals surface area contributed by atoms with Gasteiger partial charge in [-0.1, -0.05) is 6.92 Å². The number of thiophene rings is 1. The maximum atomic E-state index is 5.77. The van der Waals surface area contributed by atoms with E-state index in [0.29, 0.717) is 5.88 Å². The zero-order chi connectivity index (χ0) is 10.7.